The summed E-state index contributed by atoms with van der Waals surface area (Å²) < 4.78 is 37.3. The average Bonchev–Trinajstić information content (AvgIpc) is 2.78. The summed E-state index contributed by atoms with van der Waals surface area (Å²) in [6, 6.07) is 4.37. The molecule has 0 aromatic heterocycles. The summed E-state index contributed by atoms with van der Waals surface area (Å²) in [5, 5.41) is 9.28. The maximum Gasteiger partial charge on any atom is 0.416 e. The van der Waals surface area contributed by atoms with E-state index in [9.17, 15) is 23.1 Å². The molecule has 0 fully saturated rings. The van der Waals surface area contributed by atoms with Crippen molar-refractivity contribution in [3.05, 3.63) is 47.5 Å². The maximum atomic E-state index is 12.4. The van der Waals surface area contributed by atoms with Crippen molar-refractivity contribution in [3.63, 3.8) is 0 Å². The maximum absolute atomic E-state index is 12.4. The minimum absolute atomic E-state index is 0.313. The third-order valence-electron chi connectivity index (χ3n) is 3.27. The summed E-state index contributed by atoms with van der Waals surface area (Å²) in [4.78, 5) is 11.3. The van der Waals surface area contributed by atoms with E-state index < -0.39 is 23.1 Å². The van der Waals surface area contributed by atoms with Crippen LogP contribution in [-0.4, -0.2) is 11.1 Å². The van der Waals surface area contributed by atoms with Crippen LogP contribution in [0.5, 0.6) is 0 Å². The Balaban J connectivity index is 2.37. The molecule has 0 saturated heterocycles. The summed E-state index contributed by atoms with van der Waals surface area (Å²) >= 11 is 0. The van der Waals surface area contributed by atoms with Gasteiger partial charge in [0, 0.05) is 0 Å². The molecule has 1 aliphatic carbocycles. The van der Waals surface area contributed by atoms with Gasteiger partial charge in [-0.15, -0.1) is 0 Å². The van der Waals surface area contributed by atoms with Crippen molar-refractivity contribution >= 4 is 5.97 Å². The smallest absolute Gasteiger partial charge is 0.416 e. The van der Waals surface area contributed by atoms with Gasteiger partial charge in [0.15, 0.2) is 0 Å². The Morgan fingerprint density at radius 1 is 1.11 bits per heavy atom. The minimum Gasteiger partial charge on any atom is -0.481 e. The first-order valence-corrected chi connectivity index (χ1v) is 5.42. The van der Waals surface area contributed by atoms with Crippen LogP contribution in [0.1, 0.15) is 24.0 Å². The molecule has 0 unspecified atom stereocenters. The number of aliphatic carboxylic acids is 1. The number of carboxylic acids is 1. The number of benzene rings is 1. The Morgan fingerprint density at radius 3 is 2.00 bits per heavy atom. The predicted octanol–water partition coefficient (Wildman–Crippen LogP) is 3.38. The molecule has 1 aromatic carbocycles. The molecular formula is C13H11F3O2. The molecule has 1 aliphatic rings. The van der Waals surface area contributed by atoms with E-state index in [0.29, 0.717) is 18.4 Å². The Kier molecular flexibility index (Phi) is 2.92. The Labute approximate surface area is 102 Å². The van der Waals surface area contributed by atoms with Gasteiger partial charge in [-0.1, -0.05) is 24.3 Å². The lowest BCUT2D eigenvalue weighted by atomic mass is 9.78. The number of allylic oxidation sites excluding steroid dienone is 2. The van der Waals surface area contributed by atoms with Gasteiger partial charge in [-0.3, -0.25) is 4.79 Å². The normalized spacial score (nSPS) is 17.9. The van der Waals surface area contributed by atoms with E-state index in [1.165, 1.54) is 12.1 Å². The number of rotatable bonds is 2. The van der Waals surface area contributed by atoms with Gasteiger partial charge in [0.1, 0.15) is 0 Å². The van der Waals surface area contributed by atoms with Crippen LogP contribution in [0.3, 0.4) is 0 Å². The molecule has 0 amide bonds. The minimum atomic E-state index is -4.40. The summed E-state index contributed by atoms with van der Waals surface area (Å²) in [5.41, 5.74) is -1.46. The summed E-state index contributed by atoms with van der Waals surface area (Å²) in [6.45, 7) is 0. The van der Waals surface area contributed by atoms with Crippen LogP contribution in [0.4, 0.5) is 13.2 Å². The van der Waals surface area contributed by atoms with Gasteiger partial charge in [-0.2, -0.15) is 13.2 Å². The molecule has 1 N–H and O–H groups in total. The molecule has 2 rings (SSSR count). The Bertz CT molecular complexity index is 478. The third-order valence-corrected chi connectivity index (χ3v) is 3.27. The summed E-state index contributed by atoms with van der Waals surface area (Å²) in [7, 11) is 0. The van der Waals surface area contributed by atoms with Crippen molar-refractivity contribution in [1.82, 2.24) is 0 Å². The van der Waals surface area contributed by atoms with Gasteiger partial charge in [0.2, 0.25) is 0 Å². The molecule has 0 heterocycles. The van der Waals surface area contributed by atoms with Gasteiger partial charge >= 0.3 is 12.1 Å². The first-order valence-electron chi connectivity index (χ1n) is 5.42. The van der Waals surface area contributed by atoms with Crippen LogP contribution < -0.4 is 0 Å². The molecule has 5 heteroatoms. The molecule has 96 valence electrons. The van der Waals surface area contributed by atoms with Crippen molar-refractivity contribution in [2.75, 3.05) is 0 Å². The lowest BCUT2D eigenvalue weighted by Crippen LogP contribution is -2.33. The lowest BCUT2D eigenvalue weighted by Gasteiger charge is -2.24. The first-order chi connectivity index (χ1) is 8.36. The molecule has 18 heavy (non-hydrogen) atoms. The second kappa shape index (κ2) is 4.15. The van der Waals surface area contributed by atoms with Gasteiger partial charge in [0.25, 0.3) is 0 Å². The number of alkyl halides is 3. The number of halogens is 3. The van der Waals surface area contributed by atoms with Crippen LogP contribution in [0.25, 0.3) is 0 Å². The fourth-order valence-corrected chi connectivity index (χ4v) is 2.16. The number of hydrogen-bond donors (Lipinski definition) is 1. The zero-order valence-corrected chi connectivity index (χ0v) is 9.37. The number of carboxylic acid groups (broad SMARTS) is 1. The Hall–Kier alpha value is -1.78. The molecule has 0 radical (unpaired) electrons. The van der Waals surface area contributed by atoms with Crippen LogP contribution >= 0.6 is 0 Å². The highest BCUT2D eigenvalue weighted by molar-refractivity contribution is 5.82. The topological polar surface area (TPSA) is 37.3 Å². The average molecular weight is 256 g/mol. The van der Waals surface area contributed by atoms with Crippen LogP contribution in [0.2, 0.25) is 0 Å². The SMILES string of the molecule is O=C(O)C1(c2ccc(C(F)(F)F)cc2)CC=CC1. The molecule has 1 aromatic rings. The van der Waals surface area contributed by atoms with Gasteiger partial charge in [-0.05, 0) is 30.5 Å². The van der Waals surface area contributed by atoms with E-state index >= 15 is 0 Å². The van der Waals surface area contributed by atoms with E-state index in [1.807, 2.05) is 0 Å². The quantitative estimate of drug-likeness (QED) is 0.823. The van der Waals surface area contributed by atoms with Gasteiger partial charge in [0.05, 0.1) is 11.0 Å². The largest absolute Gasteiger partial charge is 0.481 e. The number of hydrogen-bond acceptors (Lipinski definition) is 1. The zero-order valence-electron chi connectivity index (χ0n) is 9.37. The molecule has 2 nitrogen and oxygen atoms in total. The van der Waals surface area contributed by atoms with Crippen molar-refractivity contribution in [3.8, 4) is 0 Å². The molecule has 0 spiro atoms. The molecular weight excluding hydrogens is 245 g/mol. The third kappa shape index (κ3) is 2.00. The lowest BCUT2D eigenvalue weighted by molar-refractivity contribution is -0.143. The summed E-state index contributed by atoms with van der Waals surface area (Å²) in [5.74, 6) is -1.01. The van der Waals surface area contributed by atoms with Gasteiger partial charge in [-0.25, -0.2) is 0 Å². The predicted molar refractivity (Wildman–Crippen MR) is 59.1 cm³/mol. The monoisotopic (exact) mass is 256 g/mol. The van der Waals surface area contributed by atoms with E-state index in [2.05, 4.69) is 0 Å². The van der Waals surface area contributed by atoms with Crippen molar-refractivity contribution in [1.29, 1.82) is 0 Å². The second-order valence-corrected chi connectivity index (χ2v) is 4.34. The van der Waals surface area contributed by atoms with E-state index in [0.717, 1.165) is 12.1 Å². The highest BCUT2D eigenvalue weighted by Crippen LogP contribution is 2.38. The number of carbonyl (C=O) groups is 1. The fourth-order valence-electron chi connectivity index (χ4n) is 2.16. The van der Waals surface area contributed by atoms with E-state index in [-0.39, 0.29) is 0 Å². The Morgan fingerprint density at radius 2 is 1.61 bits per heavy atom. The van der Waals surface area contributed by atoms with Crippen molar-refractivity contribution in [2.45, 2.75) is 24.4 Å². The molecule has 0 bridgehead atoms. The van der Waals surface area contributed by atoms with E-state index in [1.54, 1.807) is 12.2 Å². The molecule has 0 atom stereocenters. The van der Waals surface area contributed by atoms with Crippen molar-refractivity contribution in [2.24, 2.45) is 0 Å². The molecule has 0 saturated carbocycles. The molecule has 0 aliphatic heterocycles. The highest BCUT2D eigenvalue weighted by atomic mass is 19.4. The zero-order chi connectivity index (χ0) is 13.4. The van der Waals surface area contributed by atoms with Crippen LogP contribution in [0, 0.1) is 0 Å². The fraction of sp³-hybridized carbons (Fsp3) is 0.308. The van der Waals surface area contributed by atoms with Crippen LogP contribution in [0.15, 0.2) is 36.4 Å². The second-order valence-electron chi connectivity index (χ2n) is 4.34. The van der Waals surface area contributed by atoms with Gasteiger partial charge < -0.3 is 5.11 Å². The highest BCUT2D eigenvalue weighted by Gasteiger charge is 2.41. The summed E-state index contributed by atoms with van der Waals surface area (Å²) in [6.07, 6.45) is -0.290. The van der Waals surface area contributed by atoms with Crippen LogP contribution in [-0.2, 0) is 16.4 Å². The van der Waals surface area contributed by atoms with Crippen molar-refractivity contribution < 1.29 is 23.1 Å². The standard InChI is InChI=1S/C13H11F3O2/c14-13(15,16)10-5-3-9(4-6-10)12(11(17)18)7-1-2-8-12/h1-6H,7-8H2,(H,17,18). The van der Waals surface area contributed by atoms with E-state index in [4.69, 9.17) is 0 Å². The first kappa shape index (κ1) is 12.7.